The fraction of sp³-hybridized carbons (Fsp3) is 0.400. The Kier molecular flexibility index (Phi) is 4.93. The van der Waals surface area contributed by atoms with E-state index in [-0.39, 0.29) is 0 Å². The van der Waals surface area contributed by atoms with Crippen molar-refractivity contribution in [1.82, 2.24) is 10.3 Å². The van der Waals surface area contributed by atoms with Gasteiger partial charge < -0.3 is 10.1 Å². The van der Waals surface area contributed by atoms with Gasteiger partial charge in [-0.1, -0.05) is 25.1 Å². The number of para-hydroxylation sites is 1. The van der Waals surface area contributed by atoms with E-state index >= 15 is 0 Å². The van der Waals surface area contributed by atoms with E-state index < -0.39 is 0 Å². The van der Waals surface area contributed by atoms with Crippen molar-refractivity contribution in [2.45, 2.75) is 32.9 Å². The van der Waals surface area contributed by atoms with Gasteiger partial charge in [-0.05, 0) is 26.5 Å². The second-order valence-electron chi connectivity index (χ2n) is 4.42. The molecular weight excluding hydrogens is 256 g/mol. The average Bonchev–Trinajstić information content (AvgIpc) is 2.85. The predicted octanol–water partition coefficient (Wildman–Crippen LogP) is 3.70. The lowest BCUT2D eigenvalue weighted by molar-refractivity contribution is 0.302. The molecule has 0 spiro atoms. The summed E-state index contributed by atoms with van der Waals surface area (Å²) in [7, 11) is 1.98. The highest BCUT2D eigenvalue weighted by Crippen LogP contribution is 2.28. The second-order valence-corrected chi connectivity index (χ2v) is 5.74. The van der Waals surface area contributed by atoms with E-state index in [0.29, 0.717) is 12.6 Å². The molecule has 0 fully saturated rings. The minimum Gasteiger partial charge on any atom is -0.488 e. The van der Waals surface area contributed by atoms with Crippen molar-refractivity contribution in [3.05, 3.63) is 45.9 Å². The molecule has 0 bridgehead atoms. The van der Waals surface area contributed by atoms with Crippen LogP contribution in [0.3, 0.4) is 0 Å². The third-order valence-electron chi connectivity index (χ3n) is 3.09. The summed E-state index contributed by atoms with van der Waals surface area (Å²) in [4.78, 5) is 5.40. The second kappa shape index (κ2) is 6.68. The smallest absolute Gasteiger partial charge is 0.124 e. The zero-order valence-corrected chi connectivity index (χ0v) is 12.5. The number of benzene rings is 1. The van der Waals surface area contributed by atoms with Gasteiger partial charge in [0, 0.05) is 17.8 Å². The zero-order valence-electron chi connectivity index (χ0n) is 11.6. The molecule has 19 heavy (non-hydrogen) atoms. The van der Waals surface area contributed by atoms with Crippen LogP contribution >= 0.6 is 11.3 Å². The highest BCUT2D eigenvalue weighted by Gasteiger charge is 2.12. The number of nitrogens with one attached hydrogen (secondary N) is 1. The van der Waals surface area contributed by atoms with E-state index in [1.807, 2.05) is 32.3 Å². The highest BCUT2D eigenvalue weighted by molar-refractivity contribution is 7.11. The van der Waals surface area contributed by atoms with Gasteiger partial charge in [-0.3, -0.25) is 0 Å². The van der Waals surface area contributed by atoms with Gasteiger partial charge in [0.2, 0.25) is 0 Å². The monoisotopic (exact) mass is 276 g/mol. The number of thiazole rings is 1. The van der Waals surface area contributed by atoms with E-state index in [0.717, 1.165) is 22.1 Å². The molecule has 0 saturated carbocycles. The first-order chi connectivity index (χ1) is 9.24. The molecule has 0 radical (unpaired) electrons. The van der Waals surface area contributed by atoms with E-state index in [9.17, 15) is 0 Å². The molecule has 4 heteroatoms. The lowest BCUT2D eigenvalue weighted by Crippen LogP contribution is -2.16. The largest absolute Gasteiger partial charge is 0.488 e. The standard InChI is InChI=1S/C15H20N2OS/c1-4-14(16-3)13-7-5-6-8-15(13)18-10-12-9-17-11(2)19-12/h5-9,14,16H,4,10H2,1-3H3. The molecule has 2 aromatic rings. The summed E-state index contributed by atoms with van der Waals surface area (Å²) in [6.45, 7) is 4.77. The average molecular weight is 276 g/mol. The molecule has 3 nitrogen and oxygen atoms in total. The molecule has 1 atom stereocenters. The van der Waals surface area contributed by atoms with Crippen molar-refractivity contribution in [1.29, 1.82) is 0 Å². The maximum absolute atomic E-state index is 5.95. The van der Waals surface area contributed by atoms with Crippen LogP contribution in [-0.4, -0.2) is 12.0 Å². The number of aromatic nitrogens is 1. The minimum atomic E-state index is 0.333. The first-order valence-corrected chi connectivity index (χ1v) is 7.36. The summed E-state index contributed by atoms with van der Waals surface area (Å²) >= 11 is 1.68. The lowest BCUT2D eigenvalue weighted by atomic mass is 10.0. The molecule has 1 aromatic carbocycles. The van der Waals surface area contributed by atoms with Crippen molar-refractivity contribution in [2.75, 3.05) is 7.05 Å². The number of nitrogens with zero attached hydrogens (tertiary/aromatic N) is 1. The summed E-state index contributed by atoms with van der Waals surface area (Å²) in [5.74, 6) is 0.953. The number of aryl methyl sites for hydroxylation is 1. The first kappa shape index (κ1) is 14.0. The van der Waals surface area contributed by atoms with Crippen LogP contribution in [0.2, 0.25) is 0 Å². The van der Waals surface area contributed by atoms with Crippen LogP contribution in [-0.2, 0) is 6.61 Å². The molecule has 0 aliphatic heterocycles. The van der Waals surface area contributed by atoms with Crippen LogP contribution in [0.1, 0.15) is 34.8 Å². The van der Waals surface area contributed by atoms with Crippen LogP contribution < -0.4 is 10.1 Å². The van der Waals surface area contributed by atoms with Crippen molar-refractivity contribution < 1.29 is 4.74 Å². The summed E-state index contributed by atoms with van der Waals surface area (Å²) in [6.07, 6.45) is 2.93. The quantitative estimate of drug-likeness (QED) is 0.873. The Balaban J connectivity index is 2.11. The lowest BCUT2D eigenvalue weighted by Gasteiger charge is -2.18. The van der Waals surface area contributed by atoms with Gasteiger partial charge >= 0.3 is 0 Å². The Morgan fingerprint density at radius 1 is 1.37 bits per heavy atom. The Bertz CT molecular complexity index is 520. The van der Waals surface area contributed by atoms with Gasteiger partial charge in [0.25, 0.3) is 0 Å². The third-order valence-corrected chi connectivity index (χ3v) is 3.98. The van der Waals surface area contributed by atoms with Gasteiger partial charge in [0.15, 0.2) is 0 Å². The topological polar surface area (TPSA) is 34.1 Å². The highest BCUT2D eigenvalue weighted by atomic mass is 32.1. The minimum absolute atomic E-state index is 0.333. The molecule has 0 aliphatic carbocycles. The van der Waals surface area contributed by atoms with Crippen LogP contribution in [0.5, 0.6) is 5.75 Å². The molecule has 1 unspecified atom stereocenters. The van der Waals surface area contributed by atoms with Gasteiger partial charge in [-0.25, -0.2) is 4.98 Å². The van der Waals surface area contributed by atoms with E-state index in [1.165, 1.54) is 5.56 Å². The summed E-state index contributed by atoms with van der Waals surface area (Å²) in [5.41, 5.74) is 1.22. The van der Waals surface area contributed by atoms with Gasteiger partial charge in [-0.2, -0.15) is 0 Å². The van der Waals surface area contributed by atoms with Crippen LogP contribution in [0.25, 0.3) is 0 Å². The predicted molar refractivity (Wildman–Crippen MR) is 79.7 cm³/mol. The molecule has 1 heterocycles. The molecule has 1 aromatic heterocycles. The van der Waals surface area contributed by atoms with Crippen LogP contribution in [0.15, 0.2) is 30.5 Å². The van der Waals surface area contributed by atoms with E-state index in [1.54, 1.807) is 11.3 Å². The summed E-state index contributed by atoms with van der Waals surface area (Å²) in [6, 6.07) is 8.55. The van der Waals surface area contributed by atoms with Crippen molar-refractivity contribution in [3.8, 4) is 5.75 Å². The van der Waals surface area contributed by atoms with Crippen molar-refractivity contribution in [2.24, 2.45) is 0 Å². The Morgan fingerprint density at radius 3 is 2.79 bits per heavy atom. The Hall–Kier alpha value is -1.39. The van der Waals surface area contributed by atoms with Crippen molar-refractivity contribution >= 4 is 11.3 Å². The van der Waals surface area contributed by atoms with Gasteiger partial charge in [-0.15, -0.1) is 11.3 Å². The third kappa shape index (κ3) is 3.55. The molecule has 0 saturated heterocycles. The number of hydrogen-bond acceptors (Lipinski definition) is 4. The number of ether oxygens (including phenoxy) is 1. The number of rotatable bonds is 6. The summed E-state index contributed by atoms with van der Waals surface area (Å²) in [5, 5.41) is 4.40. The molecule has 102 valence electrons. The molecular formula is C15H20N2OS. The van der Waals surface area contributed by atoms with Gasteiger partial charge in [0.05, 0.1) is 9.88 Å². The van der Waals surface area contributed by atoms with Crippen LogP contribution in [0, 0.1) is 6.92 Å². The first-order valence-electron chi connectivity index (χ1n) is 6.55. The molecule has 0 aliphatic rings. The Morgan fingerprint density at radius 2 is 2.16 bits per heavy atom. The van der Waals surface area contributed by atoms with Crippen LogP contribution in [0.4, 0.5) is 0 Å². The van der Waals surface area contributed by atoms with Gasteiger partial charge in [0.1, 0.15) is 12.4 Å². The maximum Gasteiger partial charge on any atom is 0.124 e. The molecule has 2 rings (SSSR count). The fourth-order valence-corrected chi connectivity index (χ4v) is 2.81. The normalized spacial score (nSPS) is 12.4. The Labute approximate surface area is 118 Å². The maximum atomic E-state index is 5.95. The number of hydrogen-bond donors (Lipinski definition) is 1. The summed E-state index contributed by atoms with van der Waals surface area (Å²) < 4.78 is 5.95. The van der Waals surface area contributed by atoms with E-state index in [4.69, 9.17) is 4.74 Å². The molecule has 1 N–H and O–H groups in total. The van der Waals surface area contributed by atoms with Crippen molar-refractivity contribution in [3.63, 3.8) is 0 Å². The fourth-order valence-electron chi connectivity index (χ4n) is 2.10. The zero-order chi connectivity index (χ0) is 13.7. The van der Waals surface area contributed by atoms with E-state index in [2.05, 4.69) is 29.4 Å². The molecule has 0 amide bonds. The SMILES string of the molecule is CCC(NC)c1ccccc1OCc1cnc(C)s1.